The third-order valence-electron chi connectivity index (χ3n) is 5.11. The number of carbonyl (C=O) groups excluding carboxylic acids is 1. The highest BCUT2D eigenvalue weighted by atomic mass is 16.2. The number of rotatable bonds is 2. The van der Waals surface area contributed by atoms with Crippen LogP contribution in [0.5, 0.6) is 0 Å². The monoisotopic (exact) mass is 309 g/mol. The van der Waals surface area contributed by atoms with Crippen molar-refractivity contribution in [3.05, 3.63) is 42.4 Å². The minimum atomic E-state index is -0.0659. The minimum absolute atomic E-state index is 0.0659. The van der Waals surface area contributed by atoms with Gasteiger partial charge in [0, 0.05) is 36.9 Å². The number of amides is 1. The summed E-state index contributed by atoms with van der Waals surface area (Å²) < 4.78 is 0. The van der Waals surface area contributed by atoms with Gasteiger partial charge in [-0.1, -0.05) is 12.5 Å². The summed E-state index contributed by atoms with van der Waals surface area (Å²) >= 11 is 0. The Hall–Kier alpha value is -2.34. The Morgan fingerprint density at radius 3 is 2.74 bits per heavy atom. The van der Waals surface area contributed by atoms with Gasteiger partial charge < -0.3 is 10.6 Å². The standard InChI is InChI=1S/C17H19N5O/c18-14-10-22(11-17(14)6-3-7-17)16(23)13-5-9-20-15(21-13)12-4-1-2-8-19-12/h1-2,4-5,8-9,14H,3,6-7,10-11,18H2/t14-/m0/s1. The van der Waals surface area contributed by atoms with Crippen molar-refractivity contribution in [3.63, 3.8) is 0 Å². The SMILES string of the molecule is N[C@H]1CN(C(=O)c2ccnc(-c3ccccn3)n2)CC12CCC2. The molecule has 0 radical (unpaired) electrons. The Morgan fingerprint density at radius 1 is 1.22 bits per heavy atom. The zero-order valence-corrected chi connectivity index (χ0v) is 12.9. The second-order valence-electron chi connectivity index (χ2n) is 6.49. The van der Waals surface area contributed by atoms with Gasteiger partial charge in [-0.2, -0.15) is 0 Å². The molecular weight excluding hydrogens is 290 g/mol. The molecule has 6 heteroatoms. The summed E-state index contributed by atoms with van der Waals surface area (Å²) in [4.78, 5) is 27.5. The predicted octanol–water partition coefficient (Wildman–Crippen LogP) is 1.49. The molecule has 1 saturated carbocycles. The van der Waals surface area contributed by atoms with Crippen LogP contribution < -0.4 is 5.73 Å². The van der Waals surface area contributed by atoms with Crippen molar-refractivity contribution in [1.29, 1.82) is 0 Å². The van der Waals surface area contributed by atoms with Gasteiger partial charge in [0.15, 0.2) is 5.82 Å². The van der Waals surface area contributed by atoms with E-state index in [4.69, 9.17) is 5.73 Å². The second-order valence-corrected chi connectivity index (χ2v) is 6.49. The third kappa shape index (κ3) is 2.39. The highest BCUT2D eigenvalue weighted by molar-refractivity contribution is 5.93. The van der Waals surface area contributed by atoms with Gasteiger partial charge in [0.2, 0.25) is 0 Å². The fourth-order valence-corrected chi connectivity index (χ4v) is 3.57. The number of hydrogen-bond donors (Lipinski definition) is 1. The molecule has 118 valence electrons. The number of nitrogens with two attached hydrogens (primary N) is 1. The molecule has 6 nitrogen and oxygen atoms in total. The zero-order valence-electron chi connectivity index (χ0n) is 12.9. The van der Waals surface area contributed by atoms with Crippen LogP contribution in [-0.4, -0.2) is 44.9 Å². The van der Waals surface area contributed by atoms with Crippen molar-refractivity contribution < 1.29 is 4.79 Å². The van der Waals surface area contributed by atoms with E-state index in [0.29, 0.717) is 23.8 Å². The summed E-state index contributed by atoms with van der Waals surface area (Å²) in [7, 11) is 0. The van der Waals surface area contributed by atoms with E-state index in [9.17, 15) is 4.79 Å². The first-order valence-electron chi connectivity index (χ1n) is 7.97. The van der Waals surface area contributed by atoms with E-state index in [-0.39, 0.29) is 17.4 Å². The Labute approximate surface area is 134 Å². The van der Waals surface area contributed by atoms with Gasteiger partial charge in [-0.25, -0.2) is 9.97 Å². The maximum Gasteiger partial charge on any atom is 0.272 e. The number of hydrogen-bond acceptors (Lipinski definition) is 5. The van der Waals surface area contributed by atoms with Gasteiger partial charge in [0.25, 0.3) is 5.91 Å². The van der Waals surface area contributed by atoms with Crippen LogP contribution in [-0.2, 0) is 0 Å². The van der Waals surface area contributed by atoms with Gasteiger partial charge in [0.05, 0.1) is 0 Å². The average Bonchev–Trinajstić information content (AvgIpc) is 2.93. The summed E-state index contributed by atoms with van der Waals surface area (Å²) in [6, 6.07) is 7.28. The lowest BCUT2D eigenvalue weighted by Crippen LogP contribution is -2.45. The van der Waals surface area contributed by atoms with Crippen LogP contribution in [0, 0.1) is 5.41 Å². The summed E-state index contributed by atoms with van der Waals surface area (Å²) in [5.74, 6) is 0.405. The molecule has 1 amide bonds. The fourth-order valence-electron chi connectivity index (χ4n) is 3.57. The molecule has 1 aliphatic heterocycles. The average molecular weight is 309 g/mol. The highest BCUT2D eigenvalue weighted by Crippen LogP contribution is 2.47. The van der Waals surface area contributed by atoms with E-state index in [1.54, 1.807) is 18.5 Å². The Kier molecular flexibility index (Phi) is 3.34. The molecule has 2 N–H and O–H groups in total. The van der Waals surface area contributed by atoms with Crippen LogP contribution >= 0.6 is 0 Å². The third-order valence-corrected chi connectivity index (χ3v) is 5.11. The predicted molar refractivity (Wildman–Crippen MR) is 85.4 cm³/mol. The summed E-state index contributed by atoms with van der Waals surface area (Å²) in [5, 5.41) is 0. The van der Waals surface area contributed by atoms with Crippen LogP contribution in [0.4, 0.5) is 0 Å². The molecule has 0 unspecified atom stereocenters. The van der Waals surface area contributed by atoms with Gasteiger partial charge >= 0.3 is 0 Å². The summed E-state index contributed by atoms with van der Waals surface area (Å²) in [6.45, 7) is 1.36. The normalized spacial score (nSPS) is 22.1. The quantitative estimate of drug-likeness (QED) is 0.908. The van der Waals surface area contributed by atoms with Crippen molar-refractivity contribution in [2.24, 2.45) is 11.1 Å². The van der Waals surface area contributed by atoms with Crippen molar-refractivity contribution in [2.45, 2.75) is 25.3 Å². The second kappa shape index (κ2) is 5.38. The lowest BCUT2D eigenvalue weighted by atomic mass is 9.66. The molecule has 23 heavy (non-hydrogen) atoms. The van der Waals surface area contributed by atoms with Crippen molar-refractivity contribution >= 4 is 5.91 Å². The largest absolute Gasteiger partial charge is 0.335 e. The lowest BCUT2D eigenvalue weighted by molar-refractivity contribution is 0.0721. The first kappa shape index (κ1) is 14.3. The first-order chi connectivity index (χ1) is 11.2. The van der Waals surface area contributed by atoms with Crippen LogP contribution in [0.25, 0.3) is 11.5 Å². The molecule has 2 aromatic rings. The van der Waals surface area contributed by atoms with Gasteiger partial charge in [-0.15, -0.1) is 0 Å². The van der Waals surface area contributed by atoms with E-state index in [1.165, 1.54) is 6.42 Å². The Morgan fingerprint density at radius 2 is 2.09 bits per heavy atom. The first-order valence-corrected chi connectivity index (χ1v) is 7.97. The van der Waals surface area contributed by atoms with E-state index >= 15 is 0 Å². The molecule has 0 aromatic carbocycles. The van der Waals surface area contributed by atoms with Gasteiger partial charge in [0.1, 0.15) is 11.4 Å². The van der Waals surface area contributed by atoms with Crippen molar-refractivity contribution in [1.82, 2.24) is 19.9 Å². The maximum atomic E-state index is 12.8. The molecule has 2 aliphatic rings. The molecule has 1 aliphatic carbocycles. The van der Waals surface area contributed by atoms with Crippen LogP contribution in [0.15, 0.2) is 36.7 Å². The molecule has 0 bridgehead atoms. The van der Waals surface area contributed by atoms with Gasteiger partial charge in [-0.05, 0) is 31.0 Å². The molecule has 1 saturated heterocycles. The molecule has 1 atom stereocenters. The number of likely N-dealkylation sites (tertiary alicyclic amines) is 1. The topological polar surface area (TPSA) is 85.0 Å². The number of pyridine rings is 1. The Balaban J connectivity index is 1.58. The lowest BCUT2D eigenvalue weighted by Gasteiger charge is -2.41. The van der Waals surface area contributed by atoms with E-state index in [2.05, 4.69) is 15.0 Å². The van der Waals surface area contributed by atoms with E-state index < -0.39 is 0 Å². The van der Waals surface area contributed by atoms with Crippen molar-refractivity contribution in [3.8, 4) is 11.5 Å². The molecule has 3 heterocycles. The molecular formula is C17H19N5O. The zero-order chi connectivity index (χ0) is 15.9. The molecule has 2 aromatic heterocycles. The van der Waals surface area contributed by atoms with E-state index in [1.807, 2.05) is 23.1 Å². The maximum absolute atomic E-state index is 12.8. The summed E-state index contributed by atoms with van der Waals surface area (Å²) in [6.07, 6.45) is 6.77. The van der Waals surface area contributed by atoms with Crippen LogP contribution in [0.2, 0.25) is 0 Å². The fraction of sp³-hybridized carbons (Fsp3) is 0.412. The van der Waals surface area contributed by atoms with E-state index in [0.717, 1.165) is 19.4 Å². The number of carbonyl (C=O) groups is 1. The number of nitrogens with zero attached hydrogens (tertiary/aromatic N) is 4. The van der Waals surface area contributed by atoms with Crippen LogP contribution in [0.1, 0.15) is 29.8 Å². The Bertz CT molecular complexity index is 729. The van der Waals surface area contributed by atoms with Gasteiger partial charge in [-0.3, -0.25) is 9.78 Å². The highest BCUT2D eigenvalue weighted by Gasteiger charge is 2.50. The van der Waals surface area contributed by atoms with Crippen molar-refractivity contribution in [2.75, 3.05) is 13.1 Å². The molecule has 2 fully saturated rings. The summed E-state index contributed by atoms with van der Waals surface area (Å²) in [5.41, 5.74) is 7.48. The molecule has 4 rings (SSSR count). The minimum Gasteiger partial charge on any atom is -0.335 e. The molecule has 1 spiro atoms. The smallest absolute Gasteiger partial charge is 0.272 e. The van der Waals surface area contributed by atoms with Crippen LogP contribution in [0.3, 0.4) is 0 Å². The number of aromatic nitrogens is 3.